The minimum absolute atomic E-state index is 0.0534. The molecule has 132 valence electrons. The summed E-state index contributed by atoms with van der Waals surface area (Å²) in [5.74, 6) is 0.497. The number of halogens is 1. The van der Waals surface area contributed by atoms with Gasteiger partial charge in [-0.2, -0.15) is 0 Å². The second-order valence-electron chi connectivity index (χ2n) is 5.67. The highest BCUT2D eigenvalue weighted by molar-refractivity contribution is 6.31. The Morgan fingerprint density at radius 2 is 1.96 bits per heavy atom. The number of anilines is 1. The first-order valence-electron chi connectivity index (χ1n) is 7.80. The van der Waals surface area contributed by atoms with Crippen LogP contribution in [0.15, 0.2) is 36.4 Å². The van der Waals surface area contributed by atoms with E-state index in [0.717, 1.165) is 11.1 Å². The second kappa shape index (κ2) is 8.48. The number of carbonyl (C=O) groups excluding carboxylic acids is 1. The number of hydrogen-bond acceptors (Lipinski definition) is 4. The van der Waals surface area contributed by atoms with Gasteiger partial charge in [0.15, 0.2) is 0 Å². The fourth-order valence-electron chi connectivity index (χ4n) is 2.20. The fraction of sp³-hybridized carbons (Fsp3) is 0.278. The third kappa shape index (κ3) is 5.46. The van der Waals surface area contributed by atoms with Crippen LogP contribution in [0.25, 0.3) is 0 Å². The molecule has 1 amide bonds. The number of hydrogen-bond donors (Lipinski definition) is 1. The number of benzene rings is 2. The molecule has 0 fully saturated rings. The highest BCUT2D eigenvalue weighted by Crippen LogP contribution is 2.23. The molecule has 2 aromatic carbocycles. The number of nitrogens with one attached hydrogen (secondary N) is 1. The van der Waals surface area contributed by atoms with Crippen LogP contribution in [0.3, 0.4) is 0 Å². The van der Waals surface area contributed by atoms with E-state index in [2.05, 4.69) is 5.32 Å². The average molecular weight is 363 g/mol. The van der Waals surface area contributed by atoms with Crippen LogP contribution in [0.5, 0.6) is 5.75 Å². The van der Waals surface area contributed by atoms with E-state index in [0.29, 0.717) is 29.5 Å². The van der Waals surface area contributed by atoms with Gasteiger partial charge in [0.2, 0.25) is 5.91 Å². The first kappa shape index (κ1) is 18.7. The molecule has 2 aromatic rings. The molecule has 0 aromatic heterocycles. The van der Waals surface area contributed by atoms with E-state index in [1.54, 1.807) is 25.1 Å². The first-order valence-corrected chi connectivity index (χ1v) is 8.18. The number of nitrogens with zero attached hydrogens (tertiary/aromatic N) is 1. The molecule has 2 rings (SSSR count). The predicted molar refractivity (Wildman–Crippen MR) is 97.4 cm³/mol. The molecule has 0 aliphatic carbocycles. The number of non-ortho nitro benzene ring substituents is 1. The normalized spacial score (nSPS) is 10.4. The zero-order valence-corrected chi connectivity index (χ0v) is 14.8. The van der Waals surface area contributed by atoms with Crippen LogP contribution in [0.4, 0.5) is 11.4 Å². The standard InChI is InChI=1S/C18H19ClN2O4/c1-12-5-6-14(21(23)24)11-17(12)20-18(22)4-3-9-25-15-7-8-16(19)13(2)10-15/h5-8,10-11H,3-4,9H2,1-2H3,(H,20,22). The van der Waals surface area contributed by atoms with E-state index in [1.165, 1.54) is 12.1 Å². The number of amides is 1. The SMILES string of the molecule is Cc1cc(OCCCC(=O)Nc2cc([N+](=O)[O-])ccc2C)ccc1Cl. The lowest BCUT2D eigenvalue weighted by Gasteiger charge is -2.09. The lowest BCUT2D eigenvalue weighted by Crippen LogP contribution is -2.13. The third-order valence-electron chi connectivity index (χ3n) is 3.65. The molecule has 0 bridgehead atoms. The Morgan fingerprint density at radius 1 is 1.20 bits per heavy atom. The Bertz CT molecular complexity index is 793. The second-order valence-corrected chi connectivity index (χ2v) is 6.07. The molecule has 0 unspecified atom stereocenters. The summed E-state index contributed by atoms with van der Waals surface area (Å²) in [6, 6.07) is 9.77. The number of nitro benzene ring substituents is 1. The Balaban J connectivity index is 1.82. The number of rotatable bonds is 7. The molecule has 7 heteroatoms. The zero-order chi connectivity index (χ0) is 18.4. The maximum atomic E-state index is 12.0. The van der Waals surface area contributed by atoms with Crippen LogP contribution in [0.2, 0.25) is 5.02 Å². The lowest BCUT2D eigenvalue weighted by molar-refractivity contribution is -0.384. The Kier molecular flexibility index (Phi) is 6.36. The minimum Gasteiger partial charge on any atom is -0.494 e. The van der Waals surface area contributed by atoms with E-state index in [4.69, 9.17) is 16.3 Å². The van der Waals surface area contributed by atoms with Gasteiger partial charge >= 0.3 is 0 Å². The Labute approximate surface area is 150 Å². The highest BCUT2D eigenvalue weighted by Gasteiger charge is 2.11. The van der Waals surface area contributed by atoms with Crippen molar-refractivity contribution < 1.29 is 14.5 Å². The van der Waals surface area contributed by atoms with Crippen molar-refractivity contribution in [1.82, 2.24) is 0 Å². The molecule has 0 aliphatic heterocycles. The van der Waals surface area contributed by atoms with Crippen molar-refractivity contribution >= 4 is 28.9 Å². The van der Waals surface area contributed by atoms with Crippen LogP contribution in [-0.2, 0) is 4.79 Å². The molecule has 1 N–H and O–H groups in total. The summed E-state index contributed by atoms with van der Waals surface area (Å²) in [7, 11) is 0. The highest BCUT2D eigenvalue weighted by atomic mass is 35.5. The van der Waals surface area contributed by atoms with E-state index in [9.17, 15) is 14.9 Å². The van der Waals surface area contributed by atoms with E-state index < -0.39 is 4.92 Å². The van der Waals surface area contributed by atoms with Crippen molar-refractivity contribution in [2.45, 2.75) is 26.7 Å². The summed E-state index contributed by atoms with van der Waals surface area (Å²) < 4.78 is 5.59. The predicted octanol–water partition coefficient (Wildman–Crippen LogP) is 4.66. The molecule has 0 atom stereocenters. The van der Waals surface area contributed by atoms with E-state index >= 15 is 0 Å². The smallest absolute Gasteiger partial charge is 0.271 e. The van der Waals surface area contributed by atoms with Gasteiger partial charge in [0.1, 0.15) is 5.75 Å². The van der Waals surface area contributed by atoms with Crippen LogP contribution in [0, 0.1) is 24.0 Å². The topological polar surface area (TPSA) is 81.5 Å². The Morgan fingerprint density at radius 3 is 2.64 bits per heavy atom. The zero-order valence-electron chi connectivity index (χ0n) is 14.0. The molecule has 25 heavy (non-hydrogen) atoms. The minimum atomic E-state index is -0.489. The van der Waals surface area contributed by atoms with Crippen molar-refractivity contribution in [3.63, 3.8) is 0 Å². The summed E-state index contributed by atoms with van der Waals surface area (Å²) in [6.07, 6.45) is 0.788. The average Bonchev–Trinajstić information content (AvgIpc) is 2.56. The molecule has 0 heterocycles. The van der Waals surface area contributed by atoms with Crippen LogP contribution >= 0.6 is 11.6 Å². The van der Waals surface area contributed by atoms with Gasteiger partial charge in [0, 0.05) is 23.6 Å². The molecule has 0 radical (unpaired) electrons. The van der Waals surface area contributed by atoms with Gasteiger partial charge in [0.25, 0.3) is 5.69 Å². The van der Waals surface area contributed by atoms with Gasteiger partial charge in [-0.3, -0.25) is 14.9 Å². The quantitative estimate of drug-likeness (QED) is 0.441. The van der Waals surface area contributed by atoms with E-state index in [-0.39, 0.29) is 18.0 Å². The lowest BCUT2D eigenvalue weighted by atomic mass is 10.1. The van der Waals surface area contributed by atoms with Crippen molar-refractivity contribution in [3.05, 3.63) is 62.7 Å². The monoisotopic (exact) mass is 362 g/mol. The fourth-order valence-corrected chi connectivity index (χ4v) is 2.32. The van der Waals surface area contributed by atoms with Gasteiger partial charge in [0.05, 0.1) is 17.2 Å². The van der Waals surface area contributed by atoms with Crippen molar-refractivity contribution in [3.8, 4) is 5.75 Å². The Hall–Kier alpha value is -2.60. The number of ether oxygens (including phenoxy) is 1. The van der Waals surface area contributed by atoms with Crippen molar-refractivity contribution in [2.24, 2.45) is 0 Å². The molecular weight excluding hydrogens is 344 g/mol. The molecular formula is C18H19ClN2O4. The molecule has 6 nitrogen and oxygen atoms in total. The van der Waals surface area contributed by atoms with Gasteiger partial charge in [-0.1, -0.05) is 17.7 Å². The van der Waals surface area contributed by atoms with Crippen LogP contribution < -0.4 is 10.1 Å². The van der Waals surface area contributed by atoms with Gasteiger partial charge in [-0.25, -0.2) is 0 Å². The number of carbonyl (C=O) groups is 1. The summed E-state index contributed by atoms with van der Waals surface area (Å²) >= 11 is 5.95. The van der Waals surface area contributed by atoms with Gasteiger partial charge < -0.3 is 10.1 Å². The molecule has 0 saturated heterocycles. The number of nitro groups is 1. The summed E-state index contributed by atoms with van der Waals surface area (Å²) in [4.78, 5) is 22.3. The van der Waals surface area contributed by atoms with Crippen LogP contribution in [-0.4, -0.2) is 17.4 Å². The maximum absolute atomic E-state index is 12.0. The third-order valence-corrected chi connectivity index (χ3v) is 4.08. The maximum Gasteiger partial charge on any atom is 0.271 e. The van der Waals surface area contributed by atoms with Gasteiger partial charge in [-0.15, -0.1) is 0 Å². The first-order chi connectivity index (χ1) is 11.9. The van der Waals surface area contributed by atoms with Crippen molar-refractivity contribution in [1.29, 1.82) is 0 Å². The molecule has 0 saturated carbocycles. The van der Waals surface area contributed by atoms with Crippen LogP contribution in [0.1, 0.15) is 24.0 Å². The summed E-state index contributed by atoms with van der Waals surface area (Å²) in [6.45, 7) is 4.07. The largest absolute Gasteiger partial charge is 0.494 e. The molecule has 0 aliphatic rings. The number of aryl methyl sites for hydroxylation is 2. The van der Waals surface area contributed by atoms with Crippen molar-refractivity contribution in [2.75, 3.05) is 11.9 Å². The molecule has 0 spiro atoms. The van der Waals surface area contributed by atoms with E-state index in [1.807, 2.05) is 13.0 Å². The summed E-state index contributed by atoms with van der Waals surface area (Å²) in [5, 5.41) is 14.2. The summed E-state index contributed by atoms with van der Waals surface area (Å²) in [5.41, 5.74) is 2.10. The van der Waals surface area contributed by atoms with Gasteiger partial charge in [-0.05, 0) is 49.6 Å².